The number of cyclic esters (lactones) is 1. The Labute approximate surface area is 196 Å². The van der Waals surface area contributed by atoms with Crippen LogP contribution in [0.5, 0.6) is 0 Å². The zero-order valence-corrected chi connectivity index (χ0v) is 18.7. The minimum Gasteiger partial charge on any atom is -0.448 e. The van der Waals surface area contributed by atoms with E-state index in [1.165, 1.54) is 6.08 Å². The predicted octanol–water partition coefficient (Wildman–Crippen LogP) is 3.90. The van der Waals surface area contributed by atoms with Crippen molar-refractivity contribution >= 4 is 47.1 Å². The van der Waals surface area contributed by atoms with E-state index in [1.807, 2.05) is 12.1 Å². The van der Waals surface area contributed by atoms with Crippen molar-refractivity contribution in [2.45, 2.75) is 31.4 Å². The van der Waals surface area contributed by atoms with Gasteiger partial charge >= 0.3 is 5.97 Å². The minimum absolute atomic E-state index is 0.0681. The van der Waals surface area contributed by atoms with Crippen molar-refractivity contribution in [1.29, 1.82) is 0 Å². The van der Waals surface area contributed by atoms with Gasteiger partial charge in [-0.1, -0.05) is 47.5 Å². The Hall–Kier alpha value is -2.83. The maximum Gasteiger partial charge on any atom is 0.339 e. The van der Waals surface area contributed by atoms with Gasteiger partial charge in [0.05, 0.1) is 15.6 Å². The number of rotatable bonds is 4. The highest BCUT2D eigenvalue weighted by molar-refractivity contribution is 6.42. The normalized spacial score (nSPS) is 18.9. The zero-order chi connectivity index (χ0) is 22.7. The molecule has 2 aliphatic heterocycles. The summed E-state index contributed by atoms with van der Waals surface area (Å²) < 4.78 is 5.32. The van der Waals surface area contributed by atoms with E-state index < -0.39 is 12.1 Å². The van der Waals surface area contributed by atoms with Gasteiger partial charge in [-0.3, -0.25) is 9.59 Å². The van der Waals surface area contributed by atoms with Crippen LogP contribution in [0.1, 0.15) is 34.3 Å². The highest BCUT2D eigenvalue weighted by atomic mass is 35.5. The maximum absolute atomic E-state index is 12.6. The van der Waals surface area contributed by atoms with Gasteiger partial charge in [0.1, 0.15) is 0 Å². The highest BCUT2D eigenvalue weighted by Crippen LogP contribution is 2.24. The first-order valence-electron chi connectivity index (χ1n) is 10.4. The number of hydrogen-bond acceptors (Lipinski definition) is 4. The molecule has 2 aliphatic rings. The third-order valence-electron chi connectivity index (χ3n) is 5.70. The summed E-state index contributed by atoms with van der Waals surface area (Å²) in [6.07, 6.45) is 4.02. The van der Waals surface area contributed by atoms with Gasteiger partial charge in [-0.05, 0) is 48.2 Å². The van der Waals surface area contributed by atoms with Crippen LogP contribution < -0.4 is 5.32 Å². The molecule has 1 atom stereocenters. The molecule has 1 fully saturated rings. The van der Waals surface area contributed by atoms with Gasteiger partial charge in [0.15, 0.2) is 6.10 Å². The molecule has 6 nitrogen and oxygen atoms in total. The van der Waals surface area contributed by atoms with Gasteiger partial charge in [0.25, 0.3) is 5.91 Å². The van der Waals surface area contributed by atoms with Crippen molar-refractivity contribution in [1.82, 2.24) is 10.2 Å². The monoisotopic (exact) mass is 472 g/mol. The summed E-state index contributed by atoms with van der Waals surface area (Å²) in [7, 11) is 0. The first-order valence-corrected chi connectivity index (χ1v) is 11.2. The first kappa shape index (κ1) is 22.4. The topological polar surface area (TPSA) is 75.7 Å². The van der Waals surface area contributed by atoms with Crippen LogP contribution in [0, 0.1) is 0 Å². The largest absolute Gasteiger partial charge is 0.448 e. The lowest BCUT2D eigenvalue weighted by atomic mass is 9.97. The Kier molecular flexibility index (Phi) is 6.82. The molecule has 2 aromatic carbocycles. The molecule has 0 aromatic heterocycles. The highest BCUT2D eigenvalue weighted by Gasteiger charge is 2.32. The van der Waals surface area contributed by atoms with E-state index in [4.69, 9.17) is 27.9 Å². The number of likely N-dealkylation sites (tertiary alicyclic amines) is 1. The van der Waals surface area contributed by atoms with Gasteiger partial charge < -0.3 is 15.0 Å². The first-order chi connectivity index (χ1) is 15.4. The Balaban J connectivity index is 1.27. The Morgan fingerprint density at radius 1 is 1.06 bits per heavy atom. The van der Waals surface area contributed by atoms with Gasteiger partial charge in [0.2, 0.25) is 5.91 Å². The maximum atomic E-state index is 12.6. The summed E-state index contributed by atoms with van der Waals surface area (Å²) in [4.78, 5) is 39.0. The lowest BCUT2D eigenvalue weighted by Gasteiger charge is -2.33. The molecule has 32 heavy (non-hydrogen) atoms. The fourth-order valence-electron chi connectivity index (χ4n) is 3.91. The van der Waals surface area contributed by atoms with Crippen LogP contribution in [0.15, 0.2) is 48.5 Å². The molecule has 1 saturated heterocycles. The number of nitrogens with zero attached hydrogens (tertiary/aromatic N) is 1. The van der Waals surface area contributed by atoms with Crippen molar-refractivity contribution in [3.63, 3.8) is 0 Å². The van der Waals surface area contributed by atoms with Crippen molar-refractivity contribution in [2.75, 3.05) is 13.1 Å². The van der Waals surface area contributed by atoms with Gasteiger partial charge in [-0.15, -0.1) is 0 Å². The van der Waals surface area contributed by atoms with E-state index in [1.54, 1.807) is 41.3 Å². The summed E-state index contributed by atoms with van der Waals surface area (Å²) in [5.41, 5.74) is 2.12. The quantitative estimate of drug-likeness (QED) is 0.540. The summed E-state index contributed by atoms with van der Waals surface area (Å²) in [6.45, 7) is 1.06. The van der Waals surface area contributed by atoms with E-state index in [0.29, 0.717) is 48.0 Å². The van der Waals surface area contributed by atoms with Crippen LogP contribution in [0.25, 0.3) is 6.08 Å². The van der Waals surface area contributed by atoms with Crippen molar-refractivity contribution in [2.24, 2.45) is 0 Å². The predicted molar refractivity (Wildman–Crippen MR) is 123 cm³/mol. The van der Waals surface area contributed by atoms with E-state index in [2.05, 4.69) is 5.32 Å². The molecule has 4 rings (SSSR count). The van der Waals surface area contributed by atoms with E-state index in [0.717, 1.165) is 11.1 Å². The number of nitrogens with one attached hydrogen (secondary N) is 1. The van der Waals surface area contributed by atoms with Crippen LogP contribution in [0.4, 0.5) is 0 Å². The number of halogens is 2. The zero-order valence-electron chi connectivity index (χ0n) is 17.2. The Bertz CT molecular complexity index is 1080. The molecule has 2 aromatic rings. The lowest BCUT2D eigenvalue weighted by molar-refractivity contribution is -0.131. The van der Waals surface area contributed by atoms with Crippen LogP contribution >= 0.6 is 23.2 Å². The van der Waals surface area contributed by atoms with Crippen LogP contribution in [0.2, 0.25) is 10.0 Å². The average molecular weight is 473 g/mol. The third-order valence-corrected chi connectivity index (χ3v) is 6.44. The molecular weight excluding hydrogens is 451 g/mol. The van der Waals surface area contributed by atoms with Gasteiger partial charge in [-0.2, -0.15) is 0 Å². The molecular formula is C24H22Cl2N2O4. The number of amides is 2. The summed E-state index contributed by atoms with van der Waals surface area (Å²) in [5.74, 6) is -0.864. The van der Waals surface area contributed by atoms with Crippen molar-refractivity contribution in [3.05, 3.63) is 75.3 Å². The molecule has 0 radical (unpaired) electrons. The molecule has 0 saturated carbocycles. The standard InChI is InChI=1S/C24H22Cl2N2O4/c25-19-7-5-15(13-20(19)26)6-8-22(29)28-11-9-17(10-12-28)27-23(30)21-14-16-3-1-2-4-18(16)24(31)32-21/h1-8,13,17,21H,9-12,14H2,(H,27,30)/b8-6+. The number of carbonyl (C=O) groups is 3. The fraction of sp³-hybridized carbons (Fsp3) is 0.292. The number of ether oxygens (including phenoxy) is 1. The molecule has 1 unspecified atom stereocenters. The number of fused-ring (bicyclic) bond motifs is 1. The van der Waals surface area contributed by atoms with E-state index in [-0.39, 0.29) is 17.9 Å². The Morgan fingerprint density at radius 2 is 1.81 bits per heavy atom. The second-order valence-electron chi connectivity index (χ2n) is 7.87. The minimum atomic E-state index is -0.828. The molecule has 0 aliphatic carbocycles. The lowest BCUT2D eigenvalue weighted by Crippen LogP contribution is -2.50. The molecule has 0 spiro atoms. The van der Waals surface area contributed by atoms with E-state index in [9.17, 15) is 14.4 Å². The number of carbonyl (C=O) groups excluding carboxylic acids is 3. The summed E-state index contributed by atoms with van der Waals surface area (Å²) >= 11 is 11.9. The number of hydrogen-bond donors (Lipinski definition) is 1. The SMILES string of the molecule is O=C1OC(C(=O)NC2CCN(C(=O)/C=C/c3ccc(Cl)c(Cl)c3)CC2)Cc2ccccc21. The second kappa shape index (κ2) is 9.76. The fourth-order valence-corrected chi connectivity index (χ4v) is 4.21. The molecule has 1 N–H and O–H groups in total. The molecule has 166 valence electrons. The average Bonchev–Trinajstić information content (AvgIpc) is 2.80. The molecule has 2 amide bonds. The number of piperidine rings is 1. The second-order valence-corrected chi connectivity index (χ2v) is 8.68. The summed E-state index contributed by atoms with van der Waals surface area (Å²) in [6, 6.07) is 12.3. The molecule has 0 bridgehead atoms. The number of esters is 1. The van der Waals surface area contributed by atoms with Crippen molar-refractivity contribution < 1.29 is 19.1 Å². The van der Waals surface area contributed by atoms with Gasteiger partial charge in [0, 0.05) is 31.6 Å². The van der Waals surface area contributed by atoms with E-state index >= 15 is 0 Å². The van der Waals surface area contributed by atoms with Gasteiger partial charge in [-0.25, -0.2) is 4.79 Å². The van der Waals surface area contributed by atoms with Crippen LogP contribution in [-0.2, 0) is 20.7 Å². The van der Waals surface area contributed by atoms with Crippen LogP contribution in [0.3, 0.4) is 0 Å². The molecule has 8 heteroatoms. The number of benzene rings is 2. The Morgan fingerprint density at radius 3 is 2.56 bits per heavy atom. The summed E-state index contributed by atoms with van der Waals surface area (Å²) in [5, 5.41) is 3.87. The van der Waals surface area contributed by atoms with Crippen LogP contribution in [-0.4, -0.2) is 47.9 Å². The third kappa shape index (κ3) is 5.14. The molecule has 2 heterocycles. The smallest absolute Gasteiger partial charge is 0.339 e. The van der Waals surface area contributed by atoms with Crippen molar-refractivity contribution in [3.8, 4) is 0 Å².